The minimum atomic E-state index is 0.122. The lowest BCUT2D eigenvalue weighted by atomic mass is 9.86. The van der Waals surface area contributed by atoms with Gasteiger partial charge < -0.3 is 0 Å². The quantitative estimate of drug-likeness (QED) is 0.602. The van der Waals surface area contributed by atoms with Crippen molar-refractivity contribution in [3.8, 4) is 0 Å². The molecule has 0 saturated carbocycles. The average Bonchev–Trinajstić information content (AvgIpc) is 2.43. The minimum Gasteiger partial charge on any atom is -0.289 e. The molecule has 0 saturated heterocycles. The smallest absolute Gasteiger partial charge is 0.194 e. The molecule has 1 nitrogen and oxygen atoms in total. The van der Waals surface area contributed by atoms with E-state index in [-0.39, 0.29) is 5.78 Å². The number of rotatable bonds is 2. The Balaban J connectivity index is 2.71. The molecular weight excluding hydrogens is 263 g/mol. The van der Waals surface area contributed by atoms with E-state index in [1.807, 2.05) is 38.1 Å². The number of carbonyl (C=O) groups excluding carboxylic acids is 1. The van der Waals surface area contributed by atoms with Gasteiger partial charge in [-0.25, -0.2) is 0 Å². The molecule has 0 heterocycles. The van der Waals surface area contributed by atoms with Crippen molar-refractivity contribution in [1.29, 1.82) is 0 Å². The maximum absolute atomic E-state index is 12.9. The van der Waals surface area contributed by atoms with Crippen LogP contribution in [-0.4, -0.2) is 5.78 Å². The number of hydrogen-bond donors (Lipinski definition) is 0. The highest BCUT2D eigenvalue weighted by atomic mass is 31.0. The first-order valence-electron chi connectivity index (χ1n) is 6.82. The summed E-state index contributed by atoms with van der Waals surface area (Å²) < 4.78 is 0. The maximum atomic E-state index is 12.9. The van der Waals surface area contributed by atoms with Gasteiger partial charge in [0.1, 0.15) is 0 Å². The molecule has 0 amide bonds. The van der Waals surface area contributed by atoms with Gasteiger partial charge in [-0.15, -0.1) is 9.24 Å². The third-order valence-electron chi connectivity index (χ3n) is 4.43. The molecule has 2 aromatic carbocycles. The maximum Gasteiger partial charge on any atom is 0.194 e. The minimum absolute atomic E-state index is 0.122. The van der Waals surface area contributed by atoms with Crippen molar-refractivity contribution >= 4 is 20.3 Å². The summed E-state index contributed by atoms with van der Waals surface area (Å²) in [6, 6.07) is 7.72. The Morgan fingerprint density at radius 3 is 1.75 bits per heavy atom. The molecule has 2 heteroatoms. The van der Waals surface area contributed by atoms with E-state index < -0.39 is 0 Å². The van der Waals surface area contributed by atoms with E-state index in [1.54, 1.807) is 0 Å². The monoisotopic (exact) mass is 284 g/mol. The van der Waals surface area contributed by atoms with Crippen molar-refractivity contribution in [2.45, 2.75) is 34.6 Å². The van der Waals surface area contributed by atoms with Crippen LogP contribution in [0.25, 0.3) is 0 Å². The second-order valence-electron chi connectivity index (χ2n) is 5.42. The van der Waals surface area contributed by atoms with Crippen LogP contribution >= 0.6 is 9.24 Å². The Hall–Kier alpha value is -1.46. The zero-order valence-electron chi connectivity index (χ0n) is 12.8. The topological polar surface area (TPSA) is 17.1 Å². The molecule has 0 spiro atoms. The van der Waals surface area contributed by atoms with Gasteiger partial charge in [-0.3, -0.25) is 4.79 Å². The lowest BCUT2D eigenvalue weighted by molar-refractivity contribution is 0.103. The average molecular weight is 284 g/mol. The van der Waals surface area contributed by atoms with Gasteiger partial charge in [0.05, 0.1) is 0 Å². The van der Waals surface area contributed by atoms with Gasteiger partial charge in [0.2, 0.25) is 0 Å². The molecule has 0 aliphatic carbocycles. The summed E-state index contributed by atoms with van der Waals surface area (Å²) in [5.74, 6) is 0.122. The lowest BCUT2D eigenvalue weighted by Gasteiger charge is -2.18. The van der Waals surface area contributed by atoms with E-state index in [0.29, 0.717) is 0 Å². The predicted octanol–water partition coefficient (Wildman–Crippen LogP) is 3.96. The Bertz CT molecular complexity index is 670. The SMILES string of the molecule is Cc1c(C)c(C)c(C(=O)c2ccccc2P)c(C)c1C. The molecule has 0 radical (unpaired) electrons. The molecule has 2 aromatic rings. The van der Waals surface area contributed by atoms with Gasteiger partial charge in [0, 0.05) is 11.1 Å². The number of ketones is 1. The summed E-state index contributed by atoms with van der Waals surface area (Å²) in [7, 11) is 2.65. The van der Waals surface area contributed by atoms with E-state index in [1.165, 1.54) is 16.7 Å². The molecule has 20 heavy (non-hydrogen) atoms. The standard InChI is InChI=1S/C18H21OP/c1-10-11(2)13(4)17(14(5)12(10)3)18(19)15-8-6-7-9-16(15)20/h6-9H,20H2,1-5H3. The Labute approximate surface area is 123 Å². The zero-order chi connectivity index (χ0) is 15.0. The second kappa shape index (κ2) is 5.50. The van der Waals surface area contributed by atoms with Crippen LogP contribution in [0.15, 0.2) is 24.3 Å². The van der Waals surface area contributed by atoms with E-state index in [9.17, 15) is 4.79 Å². The Morgan fingerprint density at radius 2 is 1.25 bits per heavy atom. The molecule has 2 rings (SSSR count). The molecule has 104 valence electrons. The van der Waals surface area contributed by atoms with Gasteiger partial charge in [0.15, 0.2) is 5.78 Å². The van der Waals surface area contributed by atoms with E-state index >= 15 is 0 Å². The first kappa shape index (κ1) is 14.9. The highest BCUT2D eigenvalue weighted by molar-refractivity contribution is 7.27. The molecule has 0 bridgehead atoms. The fourth-order valence-corrected chi connectivity index (χ4v) is 3.02. The van der Waals surface area contributed by atoms with Crippen molar-refractivity contribution in [2.24, 2.45) is 0 Å². The Morgan fingerprint density at radius 1 is 0.800 bits per heavy atom. The van der Waals surface area contributed by atoms with Gasteiger partial charge in [-0.05, 0) is 67.7 Å². The summed E-state index contributed by atoms with van der Waals surface area (Å²) in [5, 5.41) is 0.951. The van der Waals surface area contributed by atoms with Gasteiger partial charge in [-0.2, -0.15) is 0 Å². The lowest BCUT2D eigenvalue weighted by Crippen LogP contribution is -2.15. The summed E-state index contributed by atoms with van der Waals surface area (Å²) in [6.45, 7) is 10.4. The third kappa shape index (κ3) is 2.31. The van der Waals surface area contributed by atoms with Gasteiger partial charge in [0.25, 0.3) is 0 Å². The molecule has 0 aliphatic heterocycles. The van der Waals surface area contributed by atoms with Crippen LogP contribution in [0, 0.1) is 34.6 Å². The van der Waals surface area contributed by atoms with Crippen LogP contribution in [-0.2, 0) is 0 Å². The van der Waals surface area contributed by atoms with Crippen molar-refractivity contribution in [3.63, 3.8) is 0 Å². The molecule has 0 N–H and O–H groups in total. The van der Waals surface area contributed by atoms with Crippen LogP contribution < -0.4 is 5.30 Å². The van der Waals surface area contributed by atoms with E-state index in [4.69, 9.17) is 0 Å². The summed E-state index contributed by atoms with van der Waals surface area (Å²) in [4.78, 5) is 12.9. The number of benzene rings is 2. The molecule has 0 fully saturated rings. The molecule has 0 aliphatic rings. The Kier molecular flexibility index (Phi) is 4.11. The largest absolute Gasteiger partial charge is 0.289 e. The van der Waals surface area contributed by atoms with E-state index in [0.717, 1.165) is 27.6 Å². The second-order valence-corrected chi connectivity index (χ2v) is 6.04. The van der Waals surface area contributed by atoms with Crippen LogP contribution in [0.5, 0.6) is 0 Å². The van der Waals surface area contributed by atoms with Crippen LogP contribution in [0.3, 0.4) is 0 Å². The molecule has 0 aromatic heterocycles. The highest BCUT2D eigenvalue weighted by Gasteiger charge is 2.20. The van der Waals surface area contributed by atoms with Crippen LogP contribution in [0.4, 0.5) is 0 Å². The van der Waals surface area contributed by atoms with Crippen molar-refractivity contribution < 1.29 is 4.79 Å². The first-order chi connectivity index (χ1) is 9.36. The molecule has 1 unspecified atom stereocenters. The third-order valence-corrected chi connectivity index (χ3v) is 4.94. The first-order valence-corrected chi connectivity index (χ1v) is 7.40. The molecular formula is C18H21OP. The fraction of sp³-hybridized carbons (Fsp3) is 0.278. The summed E-state index contributed by atoms with van der Waals surface area (Å²) in [5.41, 5.74) is 7.56. The molecule has 1 atom stereocenters. The normalized spacial score (nSPS) is 10.7. The van der Waals surface area contributed by atoms with Gasteiger partial charge >= 0.3 is 0 Å². The zero-order valence-corrected chi connectivity index (χ0v) is 13.9. The highest BCUT2D eigenvalue weighted by Crippen LogP contribution is 2.27. The predicted molar refractivity (Wildman–Crippen MR) is 89.3 cm³/mol. The van der Waals surface area contributed by atoms with Crippen LogP contribution in [0.1, 0.15) is 43.7 Å². The van der Waals surface area contributed by atoms with Gasteiger partial charge in [-0.1, -0.05) is 24.3 Å². The number of hydrogen-bond acceptors (Lipinski definition) is 1. The fourth-order valence-electron chi connectivity index (χ4n) is 2.68. The summed E-state index contributed by atoms with van der Waals surface area (Å²) in [6.07, 6.45) is 0. The number of carbonyl (C=O) groups is 1. The summed E-state index contributed by atoms with van der Waals surface area (Å²) >= 11 is 0. The van der Waals surface area contributed by atoms with E-state index in [2.05, 4.69) is 30.0 Å². The van der Waals surface area contributed by atoms with Crippen molar-refractivity contribution in [2.75, 3.05) is 0 Å². The van der Waals surface area contributed by atoms with Crippen LogP contribution in [0.2, 0.25) is 0 Å². The van der Waals surface area contributed by atoms with Crippen molar-refractivity contribution in [1.82, 2.24) is 0 Å². The van der Waals surface area contributed by atoms with Crippen molar-refractivity contribution in [3.05, 3.63) is 63.2 Å².